The van der Waals surface area contributed by atoms with Gasteiger partial charge in [0, 0.05) is 17.2 Å². The summed E-state index contributed by atoms with van der Waals surface area (Å²) in [6.07, 6.45) is 0. The Kier molecular flexibility index (Phi) is 2.42. The monoisotopic (exact) mass is 279 g/mol. The summed E-state index contributed by atoms with van der Waals surface area (Å²) in [7, 11) is 0. The van der Waals surface area contributed by atoms with Crippen LogP contribution in [0.2, 0.25) is 0 Å². The van der Waals surface area contributed by atoms with Gasteiger partial charge in [-0.15, -0.1) is 0 Å². The molecule has 1 aliphatic heterocycles. The molecule has 4 heteroatoms. The molecule has 2 aromatic rings. The van der Waals surface area contributed by atoms with Crippen LogP contribution < -0.4 is 4.90 Å². The molecule has 0 saturated heterocycles. The van der Waals surface area contributed by atoms with Gasteiger partial charge in [0.25, 0.3) is 5.91 Å². The van der Waals surface area contributed by atoms with E-state index in [2.05, 4.69) is 0 Å². The van der Waals surface area contributed by atoms with Crippen LogP contribution in [0.3, 0.4) is 0 Å². The molecule has 104 valence electrons. The van der Waals surface area contributed by atoms with Crippen LogP contribution in [-0.4, -0.2) is 23.0 Å². The molecule has 0 bridgehead atoms. The van der Waals surface area contributed by atoms with Crippen LogP contribution in [0, 0.1) is 5.92 Å². The SMILES string of the molecule is O=C(O)[C@H]1[C@@H]2c3ccccc3N(C(=O)c3ccccc3)[C@H]12. The second-order valence-corrected chi connectivity index (χ2v) is 5.48. The summed E-state index contributed by atoms with van der Waals surface area (Å²) in [4.78, 5) is 25.8. The zero-order valence-corrected chi connectivity index (χ0v) is 11.1. The lowest BCUT2D eigenvalue weighted by Gasteiger charge is -2.21. The third kappa shape index (κ3) is 1.62. The van der Waals surface area contributed by atoms with Crippen molar-refractivity contribution in [1.82, 2.24) is 0 Å². The second kappa shape index (κ2) is 4.19. The smallest absolute Gasteiger partial charge is 0.309 e. The van der Waals surface area contributed by atoms with E-state index < -0.39 is 11.9 Å². The predicted octanol–water partition coefficient (Wildman–Crippen LogP) is 2.51. The standard InChI is InChI=1S/C17H13NO3/c19-16(10-6-2-1-3-7-10)18-12-9-5-4-8-11(12)13-14(15(13)18)17(20)21/h1-9,13-15H,(H,20,21)/t13-,14-,15-/m0/s1. The summed E-state index contributed by atoms with van der Waals surface area (Å²) in [5.41, 5.74) is 2.40. The lowest BCUT2D eigenvalue weighted by molar-refractivity contribution is -0.138. The molecule has 2 aliphatic rings. The van der Waals surface area contributed by atoms with Gasteiger partial charge >= 0.3 is 5.97 Å². The van der Waals surface area contributed by atoms with E-state index in [4.69, 9.17) is 0 Å². The highest BCUT2D eigenvalue weighted by atomic mass is 16.4. The summed E-state index contributed by atoms with van der Waals surface area (Å²) < 4.78 is 0. The van der Waals surface area contributed by atoms with Gasteiger partial charge in [-0.3, -0.25) is 9.59 Å². The van der Waals surface area contributed by atoms with Crippen molar-refractivity contribution in [2.24, 2.45) is 5.92 Å². The molecule has 0 aromatic heterocycles. The Morgan fingerprint density at radius 1 is 0.952 bits per heavy atom. The van der Waals surface area contributed by atoms with Gasteiger partial charge in [0.05, 0.1) is 12.0 Å². The molecular formula is C17H13NO3. The molecular weight excluding hydrogens is 266 g/mol. The molecule has 0 radical (unpaired) electrons. The van der Waals surface area contributed by atoms with Gasteiger partial charge in [0.1, 0.15) is 0 Å². The molecule has 4 rings (SSSR count). The van der Waals surface area contributed by atoms with E-state index in [9.17, 15) is 14.7 Å². The fourth-order valence-corrected chi connectivity index (χ4v) is 3.41. The maximum atomic E-state index is 12.7. The zero-order chi connectivity index (χ0) is 14.6. The van der Waals surface area contributed by atoms with Crippen LogP contribution in [0.1, 0.15) is 21.8 Å². The number of benzene rings is 2. The maximum absolute atomic E-state index is 12.7. The van der Waals surface area contributed by atoms with Crippen molar-refractivity contribution in [3.05, 3.63) is 65.7 Å². The molecule has 3 atom stereocenters. The second-order valence-electron chi connectivity index (χ2n) is 5.48. The largest absolute Gasteiger partial charge is 0.481 e. The Bertz CT molecular complexity index is 741. The number of anilines is 1. The number of hydrogen-bond acceptors (Lipinski definition) is 2. The van der Waals surface area contributed by atoms with Gasteiger partial charge < -0.3 is 10.0 Å². The number of amides is 1. The molecule has 0 spiro atoms. The highest BCUT2D eigenvalue weighted by molar-refractivity contribution is 6.10. The molecule has 2 aromatic carbocycles. The van der Waals surface area contributed by atoms with Crippen molar-refractivity contribution in [3.63, 3.8) is 0 Å². The molecule has 1 fully saturated rings. The normalized spacial score (nSPS) is 25.1. The van der Waals surface area contributed by atoms with E-state index >= 15 is 0 Å². The number of rotatable bonds is 2. The Morgan fingerprint density at radius 2 is 1.62 bits per heavy atom. The minimum Gasteiger partial charge on any atom is -0.481 e. The van der Waals surface area contributed by atoms with Gasteiger partial charge in [0.2, 0.25) is 0 Å². The Morgan fingerprint density at radius 3 is 2.33 bits per heavy atom. The highest BCUT2D eigenvalue weighted by Crippen LogP contribution is 2.60. The van der Waals surface area contributed by atoms with Crippen molar-refractivity contribution in [3.8, 4) is 0 Å². The van der Waals surface area contributed by atoms with Crippen LogP contribution in [0.15, 0.2) is 54.6 Å². The van der Waals surface area contributed by atoms with Gasteiger partial charge in [-0.25, -0.2) is 0 Å². The molecule has 1 aliphatic carbocycles. The van der Waals surface area contributed by atoms with Crippen LogP contribution in [0.4, 0.5) is 5.69 Å². The molecule has 1 heterocycles. The first-order chi connectivity index (χ1) is 10.2. The van der Waals surface area contributed by atoms with Gasteiger partial charge in [-0.2, -0.15) is 0 Å². The van der Waals surface area contributed by atoms with E-state index in [1.165, 1.54) is 0 Å². The van der Waals surface area contributed by atoms with Crippen molar-refractivity contribution < 1.29 is 14.7 Å². The first-order valence-electron chi connectivity index (χ1n) is 6.90. The number of aliphatic carboxylic acids is 1. The molecule has 21 heavy (non-hydrogen) atoms. The topological polar surface area (TPSA) is 57.6 Å². The van der Waals surface area contributed by atoms with Crippen LogP contribution in [0.5, 0.6) is 0 Å². The van der Waals surface area contributed by atoms with Crippen molar-refractivity contribution in [1.29, 1.82) is 0 Å². The number of carboxylic acids is 1. The van der Waals surface area contributed by atoms with Crippen LogP contribution in [-0.2, 0) is 4.79 Å². The first-order valence-corrected chi connectivity index (χ1v) is 6.90. The minimum absolute atomic E-state index is 0.0636. The summed E-state index contributed by atoms with van der Waals surface area (Å²) in [5.74, 6) is -1.50. The van der Waals surface area contributed by atoms with E-state index in [0.29, 0.717) is 5.56 Å². The van der Waals surface area contributed by atoms with Gasteiger partial charge in [-0.05, 0) is 23.8 Å². The van der Waals surface area contributed by atoms with E-state index in [1.807, 2.05) is 42.5 Å². The Hall–Kier alpha value is -2.62. The summed E-state index contributed by atoms with van der Waals surface area (Å²) >= 11 is 0. The third-order valence-corrected chi connectivity index (χ3v) is 4.36. The quantitative estimate of drug-likeness (QED) is 0.919. The number of para-hydroxylation sites is 1. The predicted molar refractivity (Wildman–Crippen MR) is 77.3 cm³/mol. The molecule has 4 nitrogen and oxygen atoms in total. The fraction of sp³-hybridized carbons (Fsp3) is 0.176. The van der Waals surface area contributed by atoms with Gasteiger partial charge in [-0.1, -0.05) is 36.4 Å². The molecule has 1 saturated carbocycles. The number of nitrogens with zero attached hydrogens (tertiary/aromatic N) is 1. The Labute approximate surface area is 121 Å². The van der Waals surface area contributed by atoms with E-state index in [-0.39, 0.29) is 17.9 Å². The molecule has 1 amide bonds. The molecule has 0 unspecified atom stereocenters. The number of carbonyl (C=O) groups is 2. The molecule has 1 N–H and O–H groups in total. The zero-order valence-electron chi connectivity index (χ0n) is 11.1. The fourth-order valence-electron chi connectivity index (χ4n) is 3.41. The average molecular weight is 279 g/mol. The summed E-state index contributed by atoms with van der Waals surface area (Å²) in [5, 5.41) is 9.32. The van der Waals surface area contributed by atoms with Crippen molar-refractivity contribution in [2.75, 3.05) is 4.90 Å². The van der Waals surface area contributed by atoms with Crippen LogP contribution in [0.25, 0.3) is 0 Å². The van der Waals surface area contributed by atoms with Gasteiger partial charge in [0.15, 0.2) is 0 Å². The number of carboxylic acid groups (broad SMARTS) is 1. The summed E-state index contributed by atoms with van der Waals surface area (Å²) in [6, 6.07) is 16.3. The van der Waals surface area contributed by atoms with Crippen molar-refractivity contribution >= 4 is 17.6 Å². The number of fused-ring (bicyclic) bond motifs is 3. The Balaban J connectivity index is 1.78. The number of carbonyl (C=O) groups excluding carboxylic acids is 1. The third-order valence-electron chi connectivity index (χ3n) is 4.36. The van der Waals surface area contributed by atoms with Crippen molar-refractivity contribution in [2.45, 2.75) is 12.0 Å². The minimum atomic E-state index is -0.828. The first kappa shape index (κ1) is 12.1. The van der Waals surface area contributed by atoms with E-state index in [0.717, 1.165) is 11.3 Å². The van der Waals surface area contributed by atoms with E-state index in [1.54, 1.807) is 17.0 Å². The maximum Gasteiger partial charge on any atom is 0.309 e. The number of hydrogen-bond donors (Lipinski definition) is 1. The summed E-state index contributed by atoms with van der Waals surface area (Å²) in [6.45, 7) is 0. The lowest BCUT2D eigenvalue weighted by Crippen LogP contribution is -2.33. The average Bonchev–Trinajstić information content (AvgIpc) is 3.16. The highest BCUT2D eigenvalue weighted by Gasteiger charge is 2.65. The lowest BCUT2D eigenvalue weighted by atomic mass is 10.1. The van der Waals surface area contributed by atoms with Crippen LogP contribution >= 0.6 is 0 Å².